The van der Waals surface area contributed by atoms with E-state index in [2.05, 4.69) is 4.98 Å². The van der Waals surface area contributed by atoms with Crippen molar-refractivity contribution in [3.8, 4) is 0 Å². The Morgan fingerprint density at radius 3 is 3.00 bits per heavy atom. The average Bonchev–Trinajstić information content (AvgIpc) is 2.63. The van der Waals surface area contributed by atoms with E-state index in [-0.39, 0.29) is 10.7 Å². The van der Waals surface area contributed by atoms with E-state index in [1.165, 1.54) is 6.07 Å². The first-order chi connectivity index (χ1) is 7.16. The van der Waals surface area contributed by atoms with Gasteiger partial charge in [-0.25, -0.2) is 4.98 Å². The summed E-state index contributed by atoms with van der Waals surface area (Å²) in [6.45, 7) is 2.34. The molecule has 5 heteroatoms. The maximum Gasteiger partial charge on any atom is 0.255 e. The normalized spacial score (nSPS) is 10.5. The molecule has 0 unspecified atom stereocenters. The molecular weight excluding hydrogens is 232 g/mol. The molecule has 0 saturated carbocycles. The third kappa shape index (κ3) is 2.27. The molecule has 0 aliphatic carbocycles. The summed E-state index contributed by atoms with van der Waals surface area (Å²) in [6, 6.07) is 5.29. The van der Waals surface area contributed by atoms with Crippen molar-refractivity contribution in [1.82, 2.24) is 9.55 Å². The number of rotatable bonds is 2. The minimum Gasteiger partial charge on any atom is -0.291 e. The first kappa shape index (κ1) is 10.4. The van der Waals surface area contributed by atoms with E-state index in [0.717, 1.165) is 4.88 Å². The van der Waals surface area contributed by atoms with Gasteiger partial charge in [0.1, 0.15) is 11.0 Å². The van der Waals surface area contributed by atoms with Gasteiger partial charge in [0.15, 0.2) is 0 Å². The standard InChI is InChI=1S/C10H9ClN2OS/c1-7-12-9(11)5-10(14)13(7)6-8-3-2-4-15-8/h2-5H,6H2,1H3. The minimum absolute atomic E-state index is 0.110. The first-order valence-corrected chi connectivity index (χ1v) is 5.69. The van der Waals surface area contributed by atoms with Crippen LogP contribution in [0, 0.1) is 6.92 Å². The van der Waals surface area contributed by atoms with Crippen molar-refractivity contribution in [3.63, 3.8) is 0 Å². The zero-order valence-corrected chi connectivity index (χ0v) is 9.68. The maximum absolute atomic E-state index is 11.6. The molecule has 78 valence electrons. The minimum atomic E-state index is -0.110. The smallest absolute Gasteiger partial charge is 0.255 e. The van der Waals surface area contributed by atoms with Gasteiger partial charge >= 0.3 is 0 Å². The molecule has 0 fully saturated rings. The second-order valence-corrected chi connectivity index (χ2v) is 4.55. The molecule has 0 aliphatic rings. The molecule has 0 spiro atoms. The van der Waals surface area contributed by atoms with Crippen LogP contribution in [0.4, 0.5) is 0 Å². The molecule has 15 heavy (non-hydrogen) atoms. The van der Waals surface area contributed by atoms with Gasteiger partial charge in [-0.2, -0.15) is 0 Å². The molecule has 0 N–H and O–H groups in total. The van der Waals surface area contributed by atoms with Crippen LogP contribution < -0.4 is 5.56 Å². The largest absolute Gasteiger partial charge is 0.291 e. The van der Waals surface area contributed by atoms with E-state index in [4.69, 9.17) is 11.6 Å². The third-order valence-corrected chi connectivity index (χ3v) is 3.12. The van der Waals surface area contributed by atoms with Crippen molar-refractivity contribution in [2.75, 3.05) is 0 Å². The Kier molecular flexibility index (Phi) is 2.88. The van der Waals surface area contributed by atoms with Gasteiger partial charge in [-0.1, -0.05) is 17.7 Å². The number of aromatic nitrogens is 2. The van der Waals surface area contributed by atoms with E-state index < -0.39 is 0 Å². The van der Waals surface area contributed by atoms with E-state index in [0.29, 0.717) is 12.4 Å². The van der Waals surface area contributed by atoms with Crippen LogP contribution >= 0.6 is 22.9 Å². The van der Waals surface area contributed by atoms with E-state index in [1.807, 2.05) is 17.5 Å². The molecule has 2 aromatic heterocycles. The third-order valence-electron chi connectivity index (χ3n) is 2.06. The monoisotopic (exact) mass is 240 g/mol. The van der Waals surface area contributed by atoms with Crippen LogP contribution in [0.15, 0.2) is 28.4 Å². The number of hydrogen-bond acceptors (Lipinski definition) is 3. The van der Waals surface area contributed by atoms with Crippen molar-refractivity contribution in [2.24, 2.45) is 0 Å². The Morgan fingerprint density at radius 2 is 2.40 bits per heavy atom. The van der Waals surface area contributed by atoms with E-state index >= 15 is 0 Å². The lowest BCUT2D eigenvalue weighted by atomic mass is 10.4. The lowest BCUT2D eigenvalue weighted by molar-refractivity contribution is 0.708. The predicted molar refractivity (Wildman–Crippen MR) is 61.7 cm³/mol. The predicted octanol–water partition coefficient (Wildman–Crippen LogP) is 2.31. The zero-order valence-electron chi connectivity index (χ0n) is 8.11. The SMILES string of the molecule is Cc1nc(Cl)cc(=O)n1Cc1cccs1. The Labute approximate surface area is 96.0 Å². The van der Waals surface area contributed by atoms with Crippen molar-refractivity contribution in [3.05, 3.63) is 49.8 Å². The van der Waals surface area contributed by atoms with Crippen LogP contribution in [0.2, 0.25) is 5.15 Å². The summed E-state index contributed by atoms with van der Waals surface area (Å²) >= 11 is 7.30. The summed E-state index contributed by atoms with van der Waals surface area (Å²) in [6.07, 6.45) is 0. The topological polar surface area (TPSA) is 34.9 Å². The Morgan fingerprint density at radius 1 is 1.60 bits per heavy atom. The molecule has 0 amide bonds. The number of aryl methyl sites for hydroxylation is 1. The molecule has 2 rings (SSSR count). The summed E-state index contributed by atoms with van der Waals surface area (Å²) in [7, 11) is 0. The van der Waals surface area contributed by atoms with Gasteiger partial charge < -0.3 is 0 Å². The van der Waals surface area contributed by atoms with Gasteiger partial charge in [-0.05, 0) is 18.4 Å². The van der Waals surface area contributed by atoms with Crippen LogP contribution in [-0.2, 0) is 6.54 Å². The molecule has 2 aromatic rings. The Balaban J connectivity index is 2.41. The van der Waals surface area contributed by atoms with Crippen LogP contribution in [-0.4, -0.2) is 9.55 Å². The molecule has 0 bridgehead atoms. The van der Waals surface area contributed by atoms with Crippen LogP contribution in [0.1, 0.15) is 10.7 Å². The number of halogens is 1. The molecule has 2 heterocycles. The average molecular weight is 241 g/mol. The van der Waals surface area contributed by atoms with Crippen LogP contribution in [0.5, 0.6) is 0 Å². The fourth-order valence-corrected chi connectivity index (χ4v) is 2.25. The highest BCUT2D eigenvalue weighted by atomic mass is 35.5. The van der Waals surface area contributed by atoms with Crippen LogP contribution in [0.3, 0.4) is 0 Å². The Bertz CT molecular complexity index is 519. The van der Waals surface area contributed by atoms with Crippen molar-refractivity contribution in [1.29, 1.82) is 0 Å². The number of hydrogen-bond donors (Lipinski definition) is 0. The van der Waals surface area contributed by atoms with E-state index in [9.17, 15) is 4.79 Å². The van der Waals surface area contributed by atoms with Gasteiger partial charge in [0, 0.05) is 10.9 Å². The maximum atomic E-state index is 11.6. The molecule has 3 nitrogen and oxygen atoms in total. The van der Waals surface area contributed by atoms with E-state index in [1.54, 1.807) is 22.8 Å². The highest BCUT2D eigenvalue weighted by Gasteiger charge is 2.04. The fraction of sp³-hybridized carbons (Fsp3) is 0.200. The van der Waals surface area contributed by atoms with Gasteiger partial charge in [-0.15, -0.1) is 11.3 Å². The van der Waals surface area contributed by atoms with Crippen molar-refractivity contribution in [2.45, 2.75) is 13.5 Å². The lowest BCUT2D eigenvalue weighted by Crippen LogP contribution is -2.22. The number of nitrogens with zero attached hydrogens (tertiary/aromatic N) is 2. The highest BCUT2D eigenvalue weighted by Crippen LogP contribution is 2.10. The molecule has 0 aliphatic heterocycles. The van der Waals surface area contributed by atoms with Crippen molar-refractivity contribution < 1.29 is 0 Å². The first-order valence-electron chi connectivity index (χ1n) is 4.43. The summed E-state index contributed by atoms with van der Waals surface area (Å²) in [5.74, 6) is 0.640. The lowest BCUT2D eigenvalue weighted by Gasteiger charge is -2.07. The second-order valence-electron chi connectivity index (χ2n) is 3.13. The van der Waals surface area contributed by atoms with Crippen LogP contribution in [0.25, 0.3) is 0 Å². The summed E-state index contributed by atoms with van der Waals surface area (Å²) < 4.78 is 1.61. The molecule has 0 aromatic carbocycles. The quantitative estimate of drug-likeness (QED) is 0.755. The van der Waals surface area contributed by atoms with Gasteiger partial charge in [0.2, 0.25) is 0 Å². The summed E-state index contributed by atoms with van der Waals surface area (Å²) in [4.78, 5) is 16.8. The fourth-order valence-electron chi connectivity index (χ4n) is 1.34. The van der Waals surface area contributed by atoms with Gasteiger partial charge in [-0.3, -0.25) is 9.36 Å². The second kappa shape index (κ2) is 4.16. The molecule has 0 radical (unpaired) electrons. The van der Waals surface area contributed by atoms with Gasteiger partial charge in [0.25, 0.3) is 5.56 Å². The summed E-state index contributed by atoms with van der Waals surface area (Å²) in [5, 5.41) is 2.24. The molecule has 0 atom stereocenters. The number of thiophene rings is 1. The zero-order chi connectivity index (χ0) is 10.8. The Hall–Kier alpha value is -1.13. The molecular formula is C10H9ClN2OS. The summed E-state index contributed by atoms with van der Waals surface area (Å²) in [5.41, 5.74) is -0.110. The highest BCUT2D eigenvalue weighted by molar-refractivity contribution is 7.09. The van der Waals surface area contributed by atoms with Crippen molar-refractivity contribution >= 4 is 22.9 Å². The molecule has 0 saturated heterocycles. The van der Waals surface area contributed by atoms with Gasteiger partial charge in [0.05, 0.1) is 6.54 Å².